The van der Waals surface area contributed by atoms with Crippen LogP contribution in [0.5, 0.6) is 17.2 Å². The summed E-state index contributed by atoms with van der Waals surface area (Å²) in [6.07, 6.45) is 0.933. The van der Waals surface area contributed by atoms with Gasteiger partial charge in [0.25, 0.3) is 0 Å². The SMILES string of the molecule is Cc1nn(C(=O)OC(C)(C)C)c2cccc(OC[C@@H](O)CCCC3COc4ccccc4O3)c12. The number of aryl methyl sites for hydroxylation is 1. The van der Waals surface area contributed by atoms with Gasteiger partial charge < -0.3 is 24.1 Å². The fourth-order valence-electron chi connectivity index (χ4n) is 3.93. The second-order valence-electron chi connectivity index (χ2n) is 9.52. The minimum absolute atomic E-state index is 0.0295. The van der Waals surface area contributed by atoms with E-state index in [1.54, 1.807) is 12.1 Å². The number of ether oxygens (including phenoxy) is 4. The van der Waals surface area contributed by atoms with Gasteiger partial charge in [0.05, 0.1) is 22.7 Å². The first-order chi connectivity index (χ1) is 16.2. The van der Waals surface area contributed by atoms with Gasteiger partial charge in [0.1, 0.15) is 30.7 Å². The first kappa shape index (κ1) is 23.9. The van der Waals surface area contributed by atoms with Gasteiger partial charge >= 0.3 is 6.09 Å². The third kappa shape index (κ3) is 5.62. The third-order valence-electron chi connectivity index (χ3n) is 5.47. The standard InChI is InChI=1S/C26H32N2O6/c1-17-24-20(28(27-17)25(30)34-26(2,3)4)11-8-14-23(24)31-15-18(29)9-7-10-19-16-32-21-12-5-6-13-22(21)33-19/h5-6,8,11-14,18-19,29H,7,9-10,15-16H2,1-4H3/t18-,19?/m0/s1. The van der Waals surface area contributed by atoms with Crippen LogP contribution in [-0.2, 0) is 4.74 Å². The van der Waals surface area contributed by atoms with Crippen LogP contribution in [0.1, 0.15) is 45.7 Å². The van der Waals surface area contributed by atoms with Gasteiger partial charge in [-0.3, -0.25) is 0 Å². The van der Waals surface area contributed by atoms with Crippen LogP contribution in [0.15, 0.2) is 42.5 Å². The van der Waals surface area contributed by atoms with Crippen molar-refractivity contribution in [2.45, 2.75) is 64.8 Å². The van der Waals surface area contributed by atoms with Crippen molar-refractivity contribution in [1.29, 1.82) is 0 Å². The molecular weight excluding hydrogens is 436 g/mol. The molecule has 2 atom stereocenters. The molecule has 4 rings (SSSR count). The third-order valence-corrected chi connectivity index (χ3v) is 5.47. The molecule has 8 heteroatoms. The summed E-state index contributed by atoms with van der Waals surface area (Å²) < 4.78 is 24.4. The Balaban J connectivity index is 1.31. The summed E-state index contributed by atoms with van der Waals surface area (Å²) in [6.45, 7) is 7.90. The van der Waals surface area contributed by atoms with E-state index in [-0.39, 0.29) is 12.7 Å². The minimum atomic E-state index is -0.631. The molecule has 1 N–H and O–H groups in total. The number of aliphatic hydroxyl groups is 1. The van der Waals surface area contributed by atoms with Gasteiger partial charge in [0, 0.05) is 0 Å². The Morgan fingerprint density at radius 1 is 1.21 bits per heavy atom. The fraction of sp³-hybridized carbons (Fsp3) is 0.462. The van der Waals surface area contributed by atoms with Crippen LogP contribution in [0.2, 0.25) is 0 Å². The highest BCUT2D eigenvalue weighted by molar-refractivity contribution is 5.93. The second-order valence-corrected chi connectivity index (χ2v) is 9.52. The Hall–Kier alpha value is -3.26. The maximum atomic E-state index is 12.6. The molecule has 0 saturated carbocycles. The number of carbonyl (C=O) groups excluding carboxylic acids is 1. The monoisotopic (exact) mass is 468 g/mol. The summed E-state index contributed by atoms with van der Waals surface area (Å²) in [5, 5.41) is 15.5. The molecule has 0 fully saturated rings. The van der Waals surface area contributed by atoms with Gasteiger partial charge in [0.2, 0.25) is 0 Å². The zero-order chi connectivity index (χ0) is 24.3. The number of hydrogen-bond acceptors (Lipinski definition) is 7. The Labute approximate surface area is 199 Å². The van der Waals surface area contributed by atoms with Crippen LogP contribution < -0.4 is 14.2 Å². The Morgan fingerprint density at radius 2 is 1.97 bits per heavy atom. The number of hydrogen-bond donors (Lipinski definition) is 1. The van der Waals surface area contributed by atoms with E-state index in [0.717, 1.165) is 29.7 Å². The molecule has 8 nitrogen and oxygen atoms in total. The highest BCUT2D eigenvalue weighted by Gasteiger charge is 2.23. The summed E-state index contributed by atoms with van der Waals surface area (Å²) >= 11 is 0. The maximum absolute atomic E-state index is 12.6. The van der Waals surface area contributed by atoms with Crippen LogP contribution in [0, 0.1) is 6.92 Å². The molecule has 182 valence electrons. The van der Waals surface area contributed by atoms with E-state index in [1.165, 1.54) is 4.68 Å². The number of aromatic nitrogens is 2. The first-order valence-corrected chi connectivity index (χ1v) is 11.6. The van der Waals surface area contributed by atoms with Crippen LogP contribution in [0.25, 0.3) is 10.9 Å². The number of aliphatic hydroxyl groups excluding tert-OH is 1. The van der Waals surface area contributed by atoms with E-state index in [2.05, 4.69) is 5.10 Å². The number of para-hydroxylation sites is 2. The molecule has 1 aliphatic rings. The van der Waals surface area contributed by atoms with E-state index in [1.807, 2.05) is 58.0 Å². The molecule has 2 heterocycles. The van der Waals surface area contributed by atoms with Gasteiger partial charge in [0.15, 0.2) is 11.5 Å². The Bertz CT molecular complexity index is 1150. The normalized spacial score (nSPS) is 16.3. The lowest BCUT2D eigenvalue weighted by Gasteiger charge is -2.26. The van der Waals surface area contributed by atoms with Gasteiger partial charge in [-0.1, -0.05) is 18.2 Å². The van der Waals surface area contributed by atoms with Crippen LogP contribution in [0.3, 0.4) is 0 Å². The number of rotatable bonds is 7. The number of fused-ring (bicyclic) bond motifs is 2. The van der Waals surface area contributed by atoms with Crippen molar-refractivity contribution < 1.29 is 28.8 Å². The zero-order valence-corrected chi connectivity index (χ0v) is 20.1. The lowest BCUT2D eigenvalue weighted by molar-refractivity contribution is 0.0522. The highest BCUT2D eigenvalue weighted by Crippen LogP contribution is 2.32. The average molecular weight is 469 g/mol. The molecule has 1 aliphatic heterocycles. The predicted molar refractivity (Wildman–Crippen MR) is 128 cm³/mol. The molecule has 1 aromatic heterocycles. The average Bonchev–Trinajstić information content (AvgIpc) is 3.14. The topological polar surface area (TPSA) is 92.0 Å². The Morgan fingerprint density at radius 3 is 2.74 bits per heavy atom. The van der Waals surface area contributed by atoms with Gasteiger partial charge in [-0.25, -0.2) is 4.79 Å². The van der Waals surface area contributed by atoms with Gasteiger partial charge in [-0.2, -0.15) is 9.78 Å². The molecule has 0 saturated heterocycles. The zero-order valence-electron chi connectivity index (χ0n) is 20.1. The summed E-state index contributed by atoms with van der Waals surface area (Å²) in [4.78, 5) is 12.6. The van der Waals surface area contributed by atoms with E-state index in [9.17, 15) is 9.90 Å². The molecule has 1 unspecified atom stereocenters. The van der Waals surface area contributed by atoms with Crippen LogP contribution >= 0.6 is 0 Å². The van der Waals surface area contributed by atoms with Crippen LogP contribution in [-0.4, -0.2) is 52.0 Å². The number of benzene rings is 2. The smallest absolute Gasteiger partial charge is 0.435 e. The largest absolute Gasteiger partial charge is 0.490 e. The molecule has 2 aromatic carbocycles. The molecule has 0 radical (unpaired) electrons. The lowest BCUT2D eigenvalue weighted by atomic mass is 10.1. The molecule has 0 spiro atoms. The van der Waals surface area contributed by atoms with Gasteiger partial charge in [-0.05, 0) is 71.2 Å². The summed E-state index contributed by atoms with van der Waals surface area (Å²) in [5.41, 5.74) is 0.633. The van der Waals surface area contributed by atoms with E-state index in [4.69, 9.17) is 18.9 Å². The summed E-state index contributed by atoms with van der Waals surface area (Å²) in [5.74, 6) is 2.11. The van der Waals surface area contributed by atoms with Crippen molar-refractivity contribution in [1.82, 2.24) is 9.78 Å². The van der Waals surface area contributed by atoms with Crippen molar-refractivity contribution >= 4 is 17.0 Å². The molecule has 0 bridgehead atoms. The lowest BCUT2D eigenvalue weighted by Crippen LogP contribution is -2.29. The quantitative estimate of drug-likeness (QED) is 0.528. The number of carbonyl (C=O) groups is 1. The predicted octanol–water partition coefficient (Wildman–Crippen LogP) is 4.88. The molecule has 0 amide bonds. The van der Waals surface area contributed by atoms with Crippen molar-refractivity contribution in [3.8, 4) is 17.2 Å². The van der Waals surface area contributed by atoms with Crippen molar-refractivity contribution in [3.63, 3.8) is 0 Å². The Kier molecular flexibility index (Phi) is 6.97. The fourth-order valence-corrected chi connectivity index (χ4v) is 3.93. The van der Waals surface area contributed by atoms with E-state index in [0.29, 0.717) is 30.0 Å². The first-order valence-electron chi connectivity index (χ1n) is 11.6. The van der Waals surface area contributed by atoms with Gasteiger partial charge in [-0.15, -0.1) is 0 Å². The van der Waals surface area contributed by atoms with E-state index < -0.39 is 17.8 Å². The molecule has 34 heavy (non-hydrogen) atoms. The van der Waals surface area contributed by atoms with Crippen molar-refractivity contribution in [2.24, 2.45) is 0 Å². The maximum Gasteiger partial charge on any atom is 0.435 e. The molecule has 3 aromatic rings. The highest BCUT2D eigenvalue weighted by atomic mass is 16.6. The summed E-state index contributed by atoms with van der Waals surface area (Å²) in [7, 11) is 0. The van der Waals surface area contributed by atoms with E-state index >= 15 is 0 Å². The van der Waals surface area contributed by atoms with Crippen molar-refractivity contribution in [2.75, 3.05) is 13.2 Å². The minimum Gasteiger partial charge on any atom is -0.490 e. The summed E-state index contributed by atoms with van der Waals surface area (Å²) in [6, 6.07) is 13.0. The molecular formula is C26H32N2O6. The van der Waals surface area contributed by atoms with Crippen molar-refractivity contribution in [3.05, 3.63) is 48.2 Å². The molecule has 0 aliphatic carbocycles. The van der Waals surface area contributed by atoms with Crippen LogP contribution in [0.4, 0.5) is 4.79 Å². The second kappa shape index (κ2) is 9.93. The number of nitrogens with zero attached hydrogens (tertiary/aromatic N) is 2.